The highest BCUT2D eigenvalue weighted by atomic mass is 127. The number of aromatic nitrogens is 2. The summed E-state index contributed by atoms with van der Waals surface area (Å²) in [5, 5.41) is 12.6. The lowest BCUT2D eigenvalue weighted by Gasteiger charge is -2.39. The summed E-state index contributed by atoms with van der Waals surface area (Å²) in [7, 11) is 3.66. The van der Waals surface area contributed by atoms with Crippen molar-refractivity contribution in [2.45, 2.75) is 31.8 Å². The molecule has 0 aromatic carbocycles. The molecule has 26 heavy (non-hydrogen) atoms. The van der Waals surface area contributed by atoms with Crippen LogP contribution in [-0.4, -0.2) is 58.3 Å². The smallest absolute Gasteiger partial charge is 0.322 e. The van der Waals surface area contributed by atoms with E-state index in [-0.39, 0.29) is 35.8 Å². The molecule has 3 amide bonds. The minimum atomic E-state index is -0.810. The largest absolute Gasteiger partial charge is 0.352 e. The maximum atomic E-state index is 12.1. The van der Waals surface area contributed by atoms with E-state index in [4.69, 9.17) is 0 Å². The molecule has 0 saturated carbocycles. The molecule has 3 heterocycles. The molecule has 2 aliphatic rings. The molecule has 3 N–H and O–H groups in total. The number of amides is 3. The molecule has 2 fully saturated rings. The molecule has 2 aliphatic heterocycles. The van der Waals surface area contributed by atoms with Gasteiger partial charge in [-0.2, -0.15) is 5.10 Å². The van der Waals surface area contributed by atoms with Crippen molar-refractivity contribution in [3.63, 3.8) is 0 Å². The average Bonchev–Trinajstić information content (AvgIpc) is 3.12. The lowest BCUT2D eigenvalue weighted by atomic mass is 9.79. The second-order valence-electron chi connectivity index (χ2n) is 6.79. The van der Waals surface area contributed by atoms with Crippen LogP contribution in [0.25, 0.3) is 0 Å². The zero-order valence-electron chi connectivity index (χ0n) is 15.3. The monoisotopic (exact) mass is 475 g/mol. The fourth-order valence-electron chi connectivity index (χ4n) is 3.59. The summed E-state index contributed by atoms with van der Waals surface area (Å²) in [5.41, 5.74) is 0.284. The second kappa shape index (κ2) is 8.23. The summed E-state index contributed by atoms with van der Waals surface area (Å²) in [6, 6.07) is -0.399. The Kier molecular flexibility index (Phi) is 6.48. The Hall–Kier alpha value is -1.85. The first kappa shape index (κ1) is 20.5. The zero-order valence-corrected chi connectivity index (χ0v) is 17.6. The van der Waals surface area contributed by atoms with Crippen LogP contribution in [0.4, 0.5) is 4.79 Å². The third-order valence-electron chi connectivity index (χ3n) is 5.10. The van der Waals surface area contributed by atoms with E-state index < -0.39 is 11.6 Å². The molecule has 0 bridgehead atoms. The van der Waals surface area contributed by atoms with Crippen molar-refractivity contribution < 1.29 is 9.59 Å². The summed E-state index contributed by atoms with van der Waals surface area (Å²) in [4.78, 5) is 30.1. The molecule has 1 unspecified atom stereocenters. The number of hydrogen-bond donors (Lipinski definition) is 3. The Balaban J connectivity index is 0.00000243. The Morgan fingerprint density at radius 2 is 2.12 bits per heavy atom. The topological polar surface area (TPSA) is 104 Å². The molecule has 0 radical (unpaired) electrons. The number of piperidine rings is 1. The van der Waals surface area contributed by atoms with Gasteiger partial charge in [0.2, 0.25) is 0 Å². The highest BCUT2D eigenvalue weighted by Crippen LogP contribution is 2.30. The van der Waals surface area contributed by atoms with Crippen LogP contribution < -0.4 is 16.0 Å². The highest BCUT2D eigenvalue weighted by Gasteiger charge is 2.48. The van der Waals surface area contributed by atoms with Gasteiger partial charge in [0.25, 0.3) is 5.91 Å². The minimum absolute atomic E-state index is 0. The molecule has 2 saturated heterocycles. The molecule has 9 nitrogen and oxygen atoms in total. The van der Waals surface area contributed by atoms with Gasteiger partial charge in [-0.3, -0.25) is 19.8 Å². The van der Waals surface area contributed by atoms with Crippen LogP contribution in [0.1, 0.15) is 25.3 Å². The van der Waals surface area contributed by atoms with Crippen molar-refractivity contribution in [1.29, 1.82) is 0 Å². The van der Waals surface area contributed by atoms with Crippen molar-refractivity contribution in [2.24, 2.45) is 18.0 Å². The number of nitrogens with zero attached hydrogens (tertiary/aromatic N) is 4. The summed E-state index contributed by atoms with van der Waals surface area (Å²) in [5.74, 6) is 0.731. The Bertz CT molecular complexity index is 697. The van der Waals surface area contributed by atoms with Gasteiger partial charge in [-0.15, -0.1) is 24.0 Å². The molecule has 10 heteroatoms. The van der Waals surface area contributed by atoms with Crippen molar-refractivity contribution in [2.75, 3.05) is 20.1 Å². The van der Waals surface area contributed by atoms with Gasteiger partial charge in [-0.1, -0.05) is 0 Å². The molecule has 0 aliphatic carbocycles. The normalized spacial score (nSPS) is 24.1. The lowest BCUT2D eigenvalue weighted by molar-refractivity contribution is -0.125. The van der Waals surface area contributed by atoms with E-state index in [1.165, 1.54) is 0 Å². The number of nitrogens with one attached hydrogen (secondary N) is 3. The maximum Gasteiger partial charge on any atom is 0.322 e. The Morgan fingerprint density at radius 3 is 2.62 bits per heavy atom. The number of likely N-dealkylation sites (tertiary alicyclic amines) is 1. The highest BCUT2D eigenvalue weighted by molar-refractivity contribution is 14.0. The third kappa shape index (κ3) is 4.10. The average molecular weight is 475 g/mol. The van der Waals surface area contributed by atoms with Crippen LogP contribution in [-0.2, 0) is 18.4 Å². The van der Waals surface area contributed by atoms with Crippen LogP contribution in [0, 0.1) is 5.92 Å². The molecular weight excluding hydrogens is 449 g/mol. The quantitative estimate of drug-likeness (QED) is 0.255. The number of imide groups is 1. The van der Waals surface area contributed by atoms with E-state index in [1.54, 1.807) is 11.7 Å². The van der Waals surface area contributed by atoms with E-state index >= 15 is 0 Å². The van der Waals surface area contributed by atoms with E-state index in [0.717, 1.165) is 37.5 Å². The van der Waals surface area contributed by atoms with Gasteiger partial charge in [-0.05, 0) is 25.7 Å². The fourth-order valence-corrected chi connectivity index (χ4v) is 3.59. The van der Waals surface area contributed by atoms with Crippen molar-refractivity contribution >= 4 is 41.9 Å². The predicted molar refractivity (Wildman–Crippen MR) is 108 cm³/mol. The van der Waals surface area contributed by atoms with E-state index in [9.17, 15) is 9.59 Å². The first-order valence-electron chi connectivity index (χ1n) is 8.49. The number of rotatable bonds is 3. The van der Waals surface area contributed by atoms with Gasteiger partial charge < -0.3 is 15.5 Å². The summed E-state index contributed by atoms with van der Waals surface area (Å²) < 4.78 is 1.77. The standard InChI is InChI=1S/C16H25N7O2.HI/c1-16(13(24)20-15(25)21-16)12-4-6-23(7-5-12)14(17-2)18-8-11-9-19-22(3)10-11;/h9-10,12H,4-8H2,1-3H3,(H,17,18)(H2,20,21,24,25);1H. The van der Waals surface area contributed by atoms with Crippen LogP contribution in [0.3, 0.4) is 0 Å². The number of hydrogen-bond acceptors (Lipinski definition) is 4. The first-order chi connectivity index (χ1) is 11.9. The van der Waals surface area contributed by atoms with Gasteiger partial charge in [0.05, 0.1) is 6.20 Å². The van der Waals surface area contributed by atoms with E-state index in [0.29, 0.717) is 6.54 Å². The van der Waals surface area contributed by atoms with Gasteiger partial charge in [-0.25, -0.2) is 4.79 Å². The maximum absolute atomic E-state index is 12.1. The summed E-state index contributed by atoms with van der Waals surface area (Å²) in [6.07, 6.45) is 5.43. The fraction of sp³-hybridized carbons (Fsp3) is 0.625. The van der Waals surface area contributed by atoms with Gasteiger partial charge in [0.15, 0.2) is 5.96 Å². The van der Waals surface area contributed by atoms with Crippen molar-refractivity contribution in [3.05, 3.63) is 18.0 Å². The predicted octanol–water partition coefficient (Wildman–Crippen LogP) is 0.424. The Morgan fingerprint density at radius 1 is 1.42 bits per heavy atom. The molecule has 3 rings (SSSR count). The molecule has 1 aromatic rings. The molecule has 144 valence electrons. The van der Waals surface area contributed by atoms with Crippen molar-refractivity contribution in [3.8, 4) is 0 Å². The van der Waals surface area contributed by atoms with Crippen LogP contribution >= 0.6 is 24.0 Å². The summed E-state index contributed by atoms with van der Waals surface area (Å²) in [6.45, 7) is 4.05. The number of carbonyl (C=O) groups excluding carboxylic acids is 2. The van der Waals surface area contributed by atoms with Gasteiger partial charge >= 0.3 is 6.03 Å². The van der Waals surface area contributed by atoms with Gasteiger partial charge in [0.1, 0.15) is 5.54 Å². The summed E-state index contributed by atoms with van der Waals surface area (Å²) >= 11 is 0. The van der Waals surface area contributed by atoms with Crippen LogP contribution in [0.2, 0.25) is 0 Å². The number of aryl methyl sites for hydroxylation is 1. The number of carbonyl (C=O) groups is 2. The second-order valence-corrected chi connectivity index (χ2v) is 6.79. The molecular formula is C16H26IN7O2. The van der Waals surface area contributed by atoms with Gasteiger partial charge in [0, 0.05) is 45.5 Å². The van der Waals surface area contributed by atoms with Crippen LogP contribution in [0.15, 0.2) is 17.4 Å². The third-order valence-corrected chi connectivity index (χ3v) is 5.10. The number of aliphatic imine (C=N–C) groups is 1. The van der Waals surface area contributed by atoms with Crippen molar-refractivity contribution in [1.82, 2.24) is 30.6 Å². The number of urea groups is 1. The first-order valence-corrected chi connectivity index (χ1v) is 8.49. The molecule has 1 atom stereocenters. The van der Waals surface area contributed by atoms with Crippen LogP contribution in [0.5, 0.6) is 0 Å². The lowest BCUT2D eigenvalue weighted by Crippen LogP contribution is -2.55. The minimum Gasteiger partial charge on any atom is -0.352 e. The number of guanidine groups is 1. The molecule has 0 spiro atoms. The zero-order chi connectivity index (χ0) is 18.0. The number of halogens is 1. The molecule has 1 aromatic heterocycles. The van der Waals surface area contributed by atoms with E-state index in [2.05, 4.69) is 30.9 Å². The Labute approximate surface area is 170 Å². The SMILES string of the molecule is CN=C(NCc1cnn(C)c1)N1CCC(C2(C)NC(=O)NC2=O)CC1.I. The van der Waals surface area contributed by atoms with E-state index in [1.807, 2.05) is 26.4 Å².